The molecule has 0 saturated carbocycles. The minimum absolute atomic E-state index is 0.524. The molecule has 1 unspecified atom stereocenters. The predicted molar refractivity (Wildman–Crippen MR) is 61.1 cm³/mol. The molecule has 3 heteroatoms. The zero-order valence-electron chi connectivity index (χ0n) is 8.64. The Kier molecular flexibility index (Phi) is 3.23. The lowest BCUT2D eigenvalue weighted by Crippen LogP contribution is -1.98. The third-order valence-electron chi connectivity index (χ3n) is 2.33. The Morgan fingerprint density at radius 1 is 1.40 bits per heavy atom. The molecule has 2 nitrogen and oxygen atoms in total. The van der Waals surface area contributed by atoms with E-state index >= 15 is 0 Å². The second kappa shape index (κ2) is 4.64. The van der Waals surface area contributed by atoms with Crippen LogP contribution < -0.4 is 0 Å². The highest BCUT2D eigenvalue weighted by molar-refractivity contribution is 7.09. The Balaban J connectivity index is 2.04. The van der Waals surface area contributed by atoms with Crippen molar-refractivity contribution in [2.24, 2.45) is 0 Å². The van der Waals surface area contributed by atoms with Crippen LogP contribution in [0.25, 0.3) is 0 Å². The third-order valence-corrected chi connectivity index (χ3v) is 3.23. The molecule has 0 amide bonds. The van der Waals surface area contributed by atoms with Crippen molar-refractivity contribution in [1.29, 1.82) is 0 Å². The summed E-state index contributed by atoms with van der Waals surface area (Å²) in [4.78, 5) is 1.18. The Morgan fingerprint density at radius 3 is 2.87 bits per heavy atom. The second-order valence-electron chi connectivity index (χ2n) is 3.46. The standard InChI is InChI=1S/C12H14O2S/c1-2-9-5-6-12(14-9)11(13)8-10-4-3-7-15-10/h3-7,11,13H,2,8H2,1H3. The highest BCUT2D eigenvalue weighted by Gasteiger charge is 2.13. The van der Waals surface area contributed by atoms with E-state index in [9.17, 15) is 5.11 Å². The number of aliphatic hydroxyl groups is 1. The summed E-state index contributed by atoms with van der Waals surface area (Å²) in [6.45, 7) is 2.04. The van der Waals surface area contributed by atoms with Crippen molar-refractivity contribution in [2.75, 3.05) is 0 Å². The average Bonchev–Trinajstić information content (AvgIpc) is 2.86. The summed E-state index contributed by atoms with van der Waals surface area (Å²) in [6, 6.07) is 7.80. The molecule has 0 aromatic carbocycles. The van der Waals surface area contributed by atoms with E-state index in [1.165, 1.54) is 4.88 Å². The van der Waals surface area contributed by atoms with Crippen LogP contribution in [0.2, 0.25) is 0 Å². The second-order valence-corrected chi connectivity index (χ2v) is 4.49. The van der Waals surface area contributed by atoms with E-state index < -0.39 is 6.10 Å². The molecule has 0 saturated heterocycles. The highest BCUT2D eigenvalue weighted by atomic mass is 32.1. The van der Waals surface area contributed by atoms with Gasteiger partial charge in [-0.15, -0.1) is 11.3 Å². The molecule has 0 aliphatic carbocycles. The Labute approximate surface area is 93.2 Å². The molecular weight excluding hydrogens is 208 g/mol. The van der Waals surface area contributed by atoms with Gasteiger partial charge in [0.1, 0.15) is 17.6 Å². The van der Waals surface area contributed by atoms with Crippen molar-refractivity contribution < 1.29 is 9.52 Å². The molecule has 0 aliphatic heterocycles. The van der Waals surface area contributed by atoms with Crippen LogP contribution in [0.15, 0.2) is 34.1 Å². The quantitative estimate of drug-likeness (QED) is 0.862. The van der Waals surface area contributed by atoms with Crippen LogP contribution in [0.5, 0.6) is 0 Å². The van der Waals surface area contributed by atoms with Crippen molar-refractivity contribution in [3.63, 3.8) is 0 Å². The fraction of sp³-hybridized carbons (Fsp3) is 0.333. The molecule has 1 N–H and O–H groups in total. The Morgan fingerprint density at radius 2 is 2.27 bits per heavy atom. The number of hydrogen-bond donors (Lipinski definition) is 1. The van der Waals surface area contributed by atoms with E-state index in [0.29, 0.717) is 12.2 Å². The lowest BCUT2D eigenvalue weighted by atomic mass is 10.2. The van der Waals surface area contributed by atoms with Crippen LogP contribution >= 0.6 is 11.3 Å². The largest absolute Gasteiger partial charge is 0.463 e. The first kappa shape index (κ1) is 10.5. The van der Waals surface area contributed by atoms with Gasteiger partial charge in [-0.05, 0) is 23.6 Å². The van der Waals surface area contributed by atoms with Gasteiger partial charge in [-0.25, -0.2) is 0 Å². The van der Waals surface area contributed by atoms with E-state index in [0.717, 1.165) is 12.2 Å². The monoisotopic (exact) mass is 222 g/mol. The van der Waals surface area contributed by atoms with Gasteiger partial charge in [-0.1, -0.05) is 13.0 Å². The molecule has 15 heavy (non-hydrogen) atoms. The molecule has 2 rings (SSSR count). The number of hydrogen-bond acceptors (Lipinski definition) is 3. The van der Waals surface area contributed by atoms with Gasteiger partial charge >= 0.3 is 0 Å². The van der Waals surface area contributed by atoms with Gasteiger partial charge in [0.2, 0.25) is 0 Å². The molecule has 0 spiro atoms. The number of thiophene rings is 1. The zero-order valence-corrected chi connectivity index (χ0v) is 9.46. The SMILES string of the molecule is CCc1ccc(C(O)Cc2cccs2)o1. The van der Waals surface area contributed by atoms with Crippen molar-refractivity contribution >= 4 is 11.3 Å². The third kappa shape index (κ3) is 2.49. The fourth-order valence-electron chi connectivity index (χ4n) is 1.48. The van der Waals surface area contributed by atoms with Gasteiger partial charge in [0, 0.05) is 17.7 Å². The van der Waals surface area contributed by atoms with E-state index in [2.05, 4.69) is 0 Å². The predicted octanol–water partition coefficient (Wildman–Crippen LogP) is 3.18. The zero-order chi connectivity index (χ0) is 10.7. The van der Waals surface area contributed by atoms with E-state index in [4.69, 9.17) is 4.42 Å². The van der Waals surface area contributed by atoms with Crippen molar-refractivity contribution in [3.05, 3.63) is 46.0 Å². The maximum atomic E-state index is 9.91. The van der Waals surface area contributed by atoms with Crippen LogP contribution in [0.1, 0.15) is 29.4 Å². The van der Waals surface area contributed by atoms with Crippen molar-refractivity contribution in [1.82, 2.24) is 0 Å². The number of aliphatic hydroxyl groups excluding tert-OH is 1. The van der Waals surface area contributed by atoms with Crippen LogP contribution in [0.3, 0.4) is 0 Å². The molecule has 0 bridgehead atoms. The summed E-state index contributed by atoms with van der Waals surface area (Å²) in [6.07, 6.45) is 0.976. The first-order chi connectivity index (χ1) is 7.29. The van der Waals surface area contributed by atoms with Crippen molar-refractivity contribution in [2.45, 2.75) is 25.9 Å². The molecule has 0 fully saturated rings. The lowest BCUT2D eigenvalue weighted by Gasteiger charge is -2.05. The Bertz CT molecular complexity index is 403. The van der Waals surface area contributed by atoms with Gasteiger partial charge < -0.3 is 9.52 Å². The molecule has 2 aromatic heterocycles. The molecule has 80 valence electrons. The van der Waals surface area contributed by atoms with Crippen LogP contribution in [-0.2, 0) is 12.8 Å². The molecule has 2 aromatic rings. The van der Waals surface area contributed by atoms with Gasteiger partial charge in [-0.3, -0.25) is 0 Å². The summed E-state index contributed by atoms with van der Waals surface area (Å²) in [5, 5.41) is 11.9. The van der Waals surface area contributed by atoms with Gasteiger partial charge in [0.25, 0.3) is 0 Å². The minimum Gasteiger partial charge on any atom is -0.463 e. The smallest absolute Gasteiger partial charge is 0.133 e. The average molecular weight is 222 g/mol. The van der Waals surface area contributed by atoms with Gasteiger partial charge in [-0.2, -0.15) is 0 Å². The summed E-state index contributed by atoms with van der Waals surface area (Å²) in [5.41, 5.74) is 0. The molecular formula is C12H14O2S. The highest BCUT2D eigenvalue weighted by Crippen LogP contribution is 2.22. The van der Waals surface area contributed by atoms with Gasteiger partial charge in [0.05, 0.1) is 0 Å². The Hall–Kier alpha value is -1.06. The molecule has 2 heterocycles. The molecule has 0 aliphatic rings. The summed E-state index contributed by atoms with van der Waals surface area (Å²) < 4.78 is 5.50. The molecule has 0 radical (unpaired) electrons. The first-order valence-electron chi connectivity index (χ1n) is 5.08. The lowest BCUT2D eigenvalue weighted by molar-refractivity contribution is 0.149. The normalized spacial score (nSPS) is 12.9. The number of aryl methyl sites for hydroxylation is 1. The van der Waals surface area contributed by atoms with E-state index in [1.807, 2.05) is 36.6 Å². The summed E-state index contributed by atoms with van der Waals surface area (Å²) >= 11 is 1.66. The fourth-order valence-corrected chi connectivity index (χ4v) is 2.23. The van der Waals surface area contributed by atoms with Crippen LogP contribution in [-0.4, -0.2) is 5.11 Å². The maximum Gasteiger partial charge on any atom is 0.133 e. The topological polar surface area (TPSA) is 33.4 Å². The van der Waals surface area contributed by atoms with Crippen LogP contribution in [0.4, 0.5) is 0 Å². The van der Waals surface area contributed by atoms with Crippen LogP contribution in [0, 0.1) is 0 Å². The number of rotatable bonds is 4. The molecule has 1 atom stereocenters. The first-order valence-corrected chi connectivity index (χ1v) is 5.96. The number of furan rings is 1. The maximum absolute atomic E-state index is 9.91. The van der Waals surface area contributed by atoms with Crippen molar-refractivity contribution in [3.8, 4) is 0 Å². The van der Waals surface area contributed by atoms with E-state index in [1.54, 1.807) is 11.3 Å². The van der Waals surface area contributed by atoms with Gasteiger partial charge in [0.15, 0.2) is 0 Å². The van der Waals surface area contributed by atoms with E-state index in [-0.39, 0.29) is 0 Å². The summed E-state index contributed by atoms with van der Waals surface area (Å²) in [7, 11) is 0. The minimum atomic E-state index is -0.524. The summed E-state index contributed by atoms with van der Waals surface area (Å²) in [5.74, 6) is 1.59.